The minimum atomic E-state index is -0.331. The zero-order valence-corrected chi connectivity index (χ0v) is 9.93. The largest absolute Gasteiger partial charge is 0.504 e. The van der Waals surface area contributed by atoms with E-state index in [4.69, 9.17) is 22.1 Å². The first kappa shape index (κ1) is 12.1. The van der Waals surface area contributed by atoms with Crippen molar-refractivity contribution in [1.29, 1.82) is 0 Å². The van der Waals surface area contributed by atoms with Gasteiger partial charge in [0.1, 0.15) is 0 Å². The molecule has 1 rings (SSSR count). The van der Waals surface area contributed by atoms with Gasteiger partial charge in [-0.15, -0.1) is 0 Å². The molecule has 0 saturated heterocycles. The molecule has 1 aromatic carbocycles. The highest BCUT2D eigenvalue weighted by Crippen LogP contribution is 2.39. The third-order valence-corrected chi connectivity index (χ3v) is 2.72. The monoisotopic (exact) mass is 229 g/mol. The first-order valence-corrected chi connectivity index (χ1v) is 5.07. The third-order valence-electron chi connectivity index (χ3n) is 2.50. The summed E-state index contributed by atoms with van der Waals surface area (Å²) >= 11 is 5.93. The van der Waals surface area contributed by atoms with Gasteiger partial charge in [-0.3, -0.25) is 0 Å². The Kier molecular flexibility index (Phi) is 3.47. The summed E-state index contributed by atoms with van der Waals surface area (Å²) in [7, 11) is 1.49. The third kappa shape index (κ3) is 2.36. The number of hydrogen-bond acceptors (Lipinski definition) is 3. The fourth-order valence-corrected chi connectivity index (χ4v) is 1.56. The van der Waals surface area contributed by atoms with Gasteiger partial charge in [0.2, 0.25) is 0 Å². The van der Waals surface area contributed by atoms with Crippen molar-refractivity contribution in [2.75, 3.05) is 13.7 Å². The number of phenols is 1. The fourth-order valence-electron chi connectivity index (χ4n) is 1.36. The Bertz CT molecular complexity index is 364. The molecule has 0 spiro atoms. The maximum absolute atomic E-state index is 9.94. The van der Waals surface area contributed by atoms with Crippen LogP contribution in [0.25, 0.3) is 0 Å². The van der Waals surface area contributed by atoms with E-state index < -0.39 is 0 Å². The van der Waals surface area contributed by atoms with Gasteiger partial charge in [0.05, 0.1) is 7.11 Å². The molecule has 84 valence electrons. The first-order valence-electron chi connectivity index (χ1n) is 4.69. The lowest BCUT2D eigenvalue weighted by Gasteiger charge is -2.25. The van der Waals surface area contributed by atoms with Gasteiger partial charge in [0, 0.05) is 28.6 Å². The molecule has 0 aliphatic rings. The van der Waals surface area contributed by atoms with Crippen LogP contribution in [0, 0.1) is 0 Å². The smallest absolute Gasteiger partial charge is 0.162 e. The van der Waals surface area contributed by atoms with Crippen molar-refractivity contribution >= 4 is 11.6 Å². The van der Waals surface area contributed by atoms with Crippen LogP contribution >= 0.6 is 11.6 Å². The number of aromatic hydroxyl groups is 1. The van der Waals surface area contributed by atoms with Crippen LogP contribution in [0.2, 0.25) is 5.02 Å². The molecule has 0 heterocycles. The van der Waals surface area contributed by atoms with E-state index in [0.717, 1.165) is 0 Å². The second-order valence-electron chi connectivity index (χ2n) is 4.09. The molecular formula is C11H16ClNO2. The number of benzene rings is 1. The van der Waals surface area contributed by atoms with Crippen molar-refractivity contribution in [2.24, 2.45) is 5.73 Å². The van der Waals surface area contributed by atoms with Crippen molar-refractivity contribution in [3.8, 4) is 11.5 Å². The summed E-state index contributed by atoms with van der Waals surface area (Å²) in [5, 5.41) is 10.5. The molecule has 0 atom stereocenters. The van der Waals surface area contributed by atoms with Crippen LogP contribution in [0.15, 0.2) is 12.1 Å². The predicted octanol–water partition coefficient (Wildman–Crippen LogP) is 2.29. The summed E-state index contributed by atoms with van der Waals surface area (Å²) in [4.78, 5) is 0. The lowest BCUT2D eigenvalue weighted by Crippen LogP contribution is -2.28. The van der Waals surface area contributed by atoms with Crippen molar-refractivity contribution < 1.29 is 9.84 Å². The first-order chi connectivity index (χ1) is 6.92. The van der Waals surface area contributed by atoms with Crippen molar-refractivity contribution in [3.05, 3.63) is 22.7 Å². The van der Waals surface area contributed by atoms with Crippen LogP contribution in [-0.2, 0) is 5.41 Å². The highest BCUT2D eigenvalue weighted by molar-refractivity contribution is 6.30. The van der Waals surface area contributed by atoms with Gasteiger partial charge < -0.3 is 15.6 Å². The molecule has 0 bridgehead atoms. The number of methoxy groups -OCH3 is 1. The molecule has 3 nitrogen and oxygen atoms in total. The van der Waals surface area contributed by atoms with E-state index in [2.05, 4.69) is 0 Å². The fraction of sp³-hybridized carbons (Fsp3) is 0.455. The Labute approximate surface area is 94.8 Å². The van der Waals surface area contributed by atoms with E-state index in [0.29, 0.717) is 22.9 Å². The number of halogens is 1. The minimum Gasteiger partial charge on any atom is -0.504 e. The SMILES string of the molecule is COc1cc(Cl)cc(C(C)(C)CN)c1O. The normalized spacial score (nSPS) is 11.5. The van der Waals surface area contributed by atoms with E-state index in [-0.39, 0.29) is 11.2 Å². The lowest BCUT2D eigenvalue weighted by molar-refractivity contribution is 0.362. The Hall–Kier alpha value is -0.930. The van der Waals surface area contributed by atoms with E-state index in [1.807, 2.05) is 13.8 Å². The zero-order chi connectivity index (χ0) is 11.6. The highest BCUT2D eigenvalue weighted by Gasteiger charge is 2.24. The van der Waals surface area contributed by atoms with E-state index in [1.165, 1.54) is 7.11 Å². The summed E-state index contributed by atoms with van der Waals surface area (Å²) in [5.41, 5.74) is 6.03. The van der Waals surface area contributed by atoms with Crippen LogP contribution in [0.1, 0.15) is 19.4 Å². The summed E-state index contributed by atoms with van der Waals surface area (Å²) < 4.78 is 5.03. The van der Waals surface area contributed by atoms with Crippen LogP contribution < -0.4 is 10.5 Å². The topological polar surface area (TPSA) is 55.5 Å². The Morgan fingerprint density at radius 2 is 2.07 bits per heavy atom. The maximum atomic E-state index is 9.94. The highest BCUT2D eigenvalue weighted by atomic mass is 35.5. The number of ether oxygens (including phenoxy) is 1. The van der Waals surface area contributed by atoms with Gasteiger partial charge in [0.25, 0.3) is 0 Å². The number of phenolic OH excluding ortho intramolecular Hbond substituents is 1. The summed E-state index contributed by atoms with van der Waals surface area (Å²) in [6.07, 6.45) is 0. The second-order valence-corrected chi connectivity index (χ2v) is 4.53. The lowest BCUT2D eigenvalue weighted by atomic mass is 9.84. The molecule has 0 amide bonds. The minimum absolute atomic E-state index is 0.109. The van der Waals surface area contributed by atoms with Gasteiger partial charge in [-0.1, -0.05) is 25.4 Å². The molecule has 4 heteroatoms. The van der Waals surface area contributed by atoms with E-state index in [9.17, 15) is 5.11 Å². The molecule has 0 aliphatic carbocycles. The second kappa shape index (κ2) is 4.29. The van der Waals surface area contributed by atoms with Gasteiger partial charge in [-0.2, -0.15) is 0 Å². The van der Waals surface area contributed by atoms with Crippen molar-refractivity contribution in [3.63, 3.8) is 0 Å². The van der Waals surface area contributed by atoms with E-state index >= 15 is 0 Å². The van der Waals surface area contributed by atoms with Crippen LogP contribution in [0.5, 0.6) is 11.5 Å². The molecule has 0 unspecified atom stereocenters. The van der Waals surface area contributed by atoms with Gasteiger partial charge in [0.15, 0.2) is 11.5 Å². The molecule has 3 N–H and O–H groups in total. The van der Waals surface area contributed by atoms with Crippen LogP contribution in [-0.4, -0.2) is 18.8 Å². The number of rotatable bonds is 3. The molecule has 0 aliphatic heterocycles. The van der Waals surface area contributed by atoms with Crippen molar-refractivity contribution in [2.45, 2.75) is 19.3 Å². The standard InChI is InChI=1S/C11H16ClNO2/c1-11(2,6-13)8-4-7(12)5-9(15-3)10(8)14/h4-5,14H,6,13H2,1-3H3. The molecule has 1 aromatic rings. The van der Waals surface area contributed by atoms with Crippen LogP contribution in [0.4, 0.5) is 0 Å². The van der Waals surface area contributed by atoms with Gasteiger partial charge >= 0.3 is 0 Å². The zero-order valence-electron chi connectivity index (χ0n) is 9.17. The maximum Gasteiger partial charge on any atom is 0.162 e. The number of hydrogen-bond donors (Lipinski definition) is 2. The number of nitrogens with two attached hydrogens (primary N) is 1. The Morgan fingerprint density at radius 1 is 1.47 bits per heavy atom. The van der Waals surface area contributed by atoms with E-state index in [1.54, 1.807) is 12.1 Å². The van der Waals surface area contributed by atoms with Crippen LogP contribution in [0.3, 0.4) is 0 Å². The van der Waals surface area contributed by atoms with Gasteiger partial charge in [-0.05, 0) is 6.07 Å². The average Bonchev–Trinajstić information content (AvgIpc) is 2.20. The molecule has 0 fully saturated rings. The predicted molar refractivity (Wildman–Crippen MR) is 61.7 cm³/mol. The van der Waals surface area contributed by atoms with Crippen molar-refractivity contribution in [1.82, 2.24) is 0 Å². The Morgan fingerprint density at radius 3 is 2.53 bits per heavy atom. The molecule has 0 radical (unpaired) electrons. The van der Waals surface area contributed by atoms with Gasteiger partial charge in [-0.25, -0.2) is 0 Å². The summed E-state index contributed by atoms with van der Waals surface area (Å²) in [5.74, 6) is 0.483. The molecule has 15 heavy (non-hydrogen) atoms. The molecule has 0 saturated carbocycles. The Balaban J connectivity index is 3.35. The molecule has 0 aromatic heterocycles. The average molecular weight is 230 g/mol. The quantitative estimate of drug-likeness (QED) is 0.836. The summed E-state index contributed by atoms with van der Waals surface area (Å²) in [6, 6.07) is 3.29. The summed E-state index contributed by atoms with van der Waals surface area (Å²) in [6.45, 7) is 4.31. The molecular weight excluding hydrogens is 214 g/mol.